The van der Waals surface area contributed by atoms with E-state index in [0.717, 1.165) is 12.1 Å². The van der Waals surface area contributed by atoms with Gasteiger partial charge < -0.3 is 5.11 Å². The van der Waals surface area contributed by atoms with Crippen LogP contribution in [0, 0.1) is 0 Å². The Hall–Kier alpha value is -3.03. The van der Waals surface area contributed by atoms with E-state index < -0.39 is 29.7 Å². The van der Waals surface area contributed by atoms with E-state index in [9.17, 15) is 27.9 Å². The van der Waals surface area contributed by atoms with Crippen molar-refractivity contribution in [2.75, 3.05) is 5.01 Å². The van der Waals surface area contributed by atoms with Gasteiger partial charge in [0.1, 0.15) is 0 Å². The van der Waals surface area contributed by atoms with E-state index in [1.54, 1.807) is 24.3 Å². The first-order valence-corrected chi connectivity index (χ1v) is 7.35. The second-order valence-electron chi connectivity index (χ2n) is 5.56. The maximum absolute atomic E-state index is 13.0. The highest BCUT2D eigenvalue weighted by Gasteiger charge is 2.35. The number of carboxylic acids is 1. The van der Waals surface area contributed by atoms with Crippen LogP contribution in [-0.2, 0) is 11.0 Å². The Morgan fingerprint density at radius 3 is 2.56 bits per heavy atom. The Morgan fingerprint density at radius 2 is 1.88 bits per heavy atom. The lowest BCUT2D eigenvalue weighted by atomic mass is 9.94. The van der Waals surface area contributed by atoms with Gasteiger partial charge in [0.05, 0.1) is 23.7 Å². The van der Waals surface area contributed by atoms with Gasteiger partial charge in [-0.3, -0.25) is 20.0 Å². The molecule has 5 nitrogen and oxygen atoms in total. The molecule has 0 spiro atoms. The highest BCUT2D eigenvalue weighted by Crippen LogP contribution is 2.36. The zero-order valence-corrected chi connectivity index (χ0v) is 12.7. The summed E-state index contributed by atoms with van der Waals surface area (Å²) in [6.07, 6.45) is -4.93. The van der Waals surface area contributed by atoms with Crippen LogP contribution < -0.4 is 10.4 Å². The summed E-state index contributed by atoms with van der Waals surface area (Å²) >= 11 is 0. The number of hydrogen-bond donors (Lipinski definition) is 2. The van der Waals surface area contributed by atoms with Crippen molar-refractivity contribution in [3.63, 3.8) is 0 Å². The largest absolute Gasteiger partial charge is 0.481 e. The molecule has 130 valence electrons. The molecule has 0 aliphatic carbocycles. The molecule has 2 aromatic carbocycles. The number of fused-ring (bicyclic) bond motifs is 1. The van der Waals surface area contributed by atoms with Gasteiger partial charge in [-0.1, -0.05) is 24.3 Å². The molecule has 1 aliphatic rings. The van der Waals surface area contributed by atoms with Crippen LogP contribution >= 0.6 is 0 Å². The Labute approximate surface area is 140 Å². The van der Waals surface area contributed by atoms with Crippen molar-refractivity contribution >= 4 is 17.6 Å². The molecule has 3 rings (SSSR count). The molecule has 0 aromatic heterocycles. The molecular formula is C17H13F3N2O3. The first-order valence-electron chi connectivity index (χ1n) is 7.35. The summed E-state index contributed by atoms with van der Waals surface area (Å²) in [4.78, 5) is 23.5. The van der Waals surface area contributed by atoms with E-state index in [2.05, 4.69) is 5.43 Å². The third kappa shape index (κ3) is 3.28. The van der Waals surface area contributed by atoms with Crippen LogP contribution in [0.15, 0.2) is 48.5 Å². The van der Waals surface area contributed by atoms with Crippen LogP contribution in [0.5, 0.6) is 0 Å². The predicted molar refractivity (Wildman–Crippen MR) is 82.8 cm³/mol. The van der Waals surface area contributed by atoms with Crippen molar-refractivity contribution in [1.82, 2.24) is 5.43 Å². The van der Waals surface area contributed by atoms with Gasteiger partial charge >= 0.3 is 12.1 Å². The molecule has 1 amide bonds. The van der Waals surface area contributed by atoms with Gasteiger partial charge in [-0.05, 0) is 29.8 Å². The second-order valence-corrected chi connectivity index (χ2v) is 5.56. The van der Waals surface area contributed by atoms with Crippen LogP contribution in [0.25, 0.3) is 0 Å². The molecule has 1 heterocycles. The summed E-state index contributed by atoms with van der Waals surface area (Å²) in [5.41, 5.74) is 2.42. The average Bonchev–Trinajstić information content (AvgIpc) is 2.56. The van der Waals surface area contributed by atoms with Crippen LogP contribution in [0.2, 0.25) is 0 Å². The van der Waals surface area contributed by atoms with Crippen molar-refractivity contribution in [3.8, 4) is 0 Å². The molecule has 0 radical (unpaired) electrons. The molecule has 1 aliphatic heterocycles. The molecule has 1 atom stereocenters. The normalized spacial score (nSPS) is 17.0. The Kier molecular flexibility index (Phi) is 4.12. The lowest BCUT2D eigenvalue weighted by molar-refractivity contribution is -0.138. The van der Waals surface area contributed by atoms with E-state index in [1.165, 1.54) is 17.1 Å². The summed E-state index contributed by atoms with van der Waals surface area (Å²) in [6, 6.07) is 9.99. The molecule has 0 bridgehead atoms. The first kappa shape index (κ1) is 16.8. The summed E-state index contributed by atoms with van der Waals surface area (Å²) in [5.74, 6) is -1.64. The number of hydrazine groups is 1. The number of hydrogen-bond acceptors (Lipinski definition) is 3. The van der Waals surface area contributed by atoms with E-state index in [0.29, 0.717) is 11.1 Å². The number of carbonyl (C=O) groups is 2. The molecule has 0 saturated heterocycles. The van der Waals surface area contributed by atoms with Crippen molar-refractivity contribution in [1.29, 1.82) is 0 Å². The predicted octanol–water partition coefficient (Wildman–Crippen LogP) is 3.39. The molecule has 0 fully saturated rings. The zero-order valence-electron chi connectivity index (χ0n) is 12.7. The Balaban J connectivity index is 2.08. The second kappa shape index (κ2) is 6.12. The molecular weight excluding hydrogens is 337 g/mol. The summed E-state index contributed by atoms with van der Waals surface area (Å²) in [5, 5.41) is 10.4. The quantitative estimate of drug-likeness (QED) is 0.890. The number of amides is 1. The number of nitrogens with one attached hydrogen (secondary N) is 1. The van der Waals surface area contributed by atoms with Gasteiger partial charge in [0.2, 0.25) is 0 Å². The highest BCUT2D eigenvalue weighted by molar-refractivity contribution is 5.98. The van der Waals surface area contributed by atoms with Gasteiger partial charge in [0.25, 0.3) is 5.91 Å². The lowest BCUT2D eigenvalue weighted by Crippen LogP contribution is -2.50. The van der Waals surface area contributed by atoms with Gasteiger partial charge in [0.15, 0.2) is 0 Å². The smallest absolute Gasteiger partial charge is 0.416 e. The summed E-state index contributed by atoms with van der Waals surface area (Å²) in [6.45, 7) is 0. The topological polar surface area (TPSA) is 69.6 Å². The zero-order chi connectivity index (χ0) is 18.2. The van der Waals surface area contributed by atoms with Crippen LogP contribution in [0.4, 0.5) is 18.9 Å². The molecule has 25 heavy (non-hydrogen) atoms. The SMILES string of the molecule is O=C(O)CC1c2ccccc2C(=O)NN1c1cccc(C(F)(F)F)c1. The third-order valence-electron chi connectivity index (χ3n) is 3.92. The minimum atomic E-state index is -4.55. The van der Waals surface area contributed by atoms with Gasteiger partial charge in [-0.25, -0.2) is 0 Å². The summed E-state index contributed by atoms with van der Waals surface area (Å²) < 4.78 is 38.9. The van der Waals surface area contributed by atoms with Crippen molar-refractivity contribution in [2.24, 2.45) is 0 Å². The fourth-order valence-corrected chi connectivity index (χ4v) is 2.82. The van der Waals surface area contributed by atoms with Crippen molar-refractivity contribution in [3.05, 3.63) is 65.2 Å². The number of carbonyl (C=O) groups excluding carboxylic acids is 1. The van der Waals surface area contributed by atoms with Gasteiger partial charge in [0, 0.05) is 5.56 Å². The Morgan fingerprint density at radius 1 is 1.16 bits per heavy atom. The Bertz CT molecular complexity index is 836. The third-order valence-corrected chi connectivity index (χ3v) is 3.92. The van der Waals surface area contributed by atoms with Crippen LogP contribution in [0.1, 0.15) is 33.9 Å². The van der Waals surface area contributed by atoms with E-state index in [4.69, 9.17) is 0 Å². The molecule has 1 unspecified atom stereocenters. The maximum atomic E-state index is 13.0. The van der Waals surface area contributed by atoms with E-state index in [1.807, 2.05) is 0 Å². The minimum Gasteiger partial charge on any atom is -0.481 e. The standard InChI is InChI=1S/C17H13F3N2O3/c18-17(19,20)10-4-3-5-11(8-10)22-14(9-15(23)24)12-6-1-2-7-13(12)16(25)21-22/h1-8,14H,9H2,(H,21,25)(H,23,24). The fraction of sp³-hybridized carbons (Fsp3) is 0.176. The molecule has 0 saturated carbocycles. The average molecular weight is 350 g/mol. The number of halogens is 3. The molecule has 8 heteroatoms. The minimum absolute atomic E-state index is 0.0592. The number of alkyl halides is 3. The van der Waals surface area contributed by atoms with Crippen LogP contribution in [0.3, 0.4) is 0 Å². The van der Waals surface area contributed by atoms with Crippen molar-refractivity contribution < 1.29 is 27.9 Å². The number of benzene rings is 2. The molecule has 2 aromatic rings. The van der Waals surface area contributed by atoms with Crippen LogP contribution in [-0.4, -0.2) is 17.0 Å². The van der Waals surface area contributed by atoms with Gasteiger partial charge in [-0.15, -0.1) is 0 Å². The number of rotatable bonds is 3. The first-order chi connectivity index (χ1) is 11.8. The lowest BCUT2D eigenvalue weighted by Gasteiger charge is -2.38. The van der Waals surface area contributed by atoms with E-state index >= 15 is 0 Å². The number of aliphatic carboxylic acids is 1. The van der Waals surface area contributed by atoms with E-state index in [-0.39, 0.29) is 12.1 Å². The molecule has 2 N–H and O–H groups in total. The number of anilines is 1. The monoisotopic (exact) mass is 350 g/mol. The highest BCUT2D eigenvalue weighted by atomic mass is 19.4. The number of carboxylic acid groups (broad SMARTS) is 1. The summed E-state index contributed by atoms with van der Waals surface area (Å²) in [7, 11) is 0. The van der Waals surface area contributed by atoms with Crippen molar-refractivity contribution in [2.45, 2.75) is 18.6 Å². The van der Waals surface area contributed by atoms with Gasteiger partial charge in [-0.2, -0.15) is 13.2 Å². The fourth-order valence-electron chi connectivity index (χ4n) is 2.82. The maximum Gasteiger partial charge on any atom is 0.416 e. The number of nitrogens with zero attached hydrogens (tertiary/aromatic N) is 1.